The summed E-state index contributed by atoms with van der Waals surface area (Å²) in [6.45, 7) is 0. The van der Waals surface area contributed by atoms with E-state index in [-0.39, 0.29) is 17.6 Å². The third kappa shape index (κ3) is 1.94. The van der Waals surface area contributed by atoms with Crippen molar-refractivity contribution in [1.82, 2.24) is 9.55 Å². The highest BCUT2D eigenvalue weighted by Gasteiger charge is 2.28. The number of aromatic hydroxyl groups is 1. The van der Waals surface area contributed by atoms with Gasteiger partial charge in [0, 0.05) is 5.56 Å². The zero-order valence-corrected chi connectivity index (χ0v) is 10.8. The largest absolute Gasteiger partial charge is 0.508 e. The zero-order chi connectivity index (χ0) is 14.3. The number of phenolic OH excluding ortho intramolecular Hbond substituents is 1. The number of hydrogen-bond acceptors (Lipinski definition) is 4. The van der Waals surface area contributed by atoms with Crippen molar-refractivity contribution in [2.75, 3.05) is 0 Å². The van der Waals surface area contributed by atoms with Gasteiger partial charge in [0.2, 0.25) is 0 Å². The molecule has 1 aliphatic rings. The molecule has 0 spiro atoms. The topological polar surface area (TPSA) is 101 Å². The van der Waals surface area contributed by atoms with E-state index in [9.17, 15) is 15.0 Å². The molecular weight excluding hydrogens is 258 g/mol. The van der Waals surface area contributed by atoms with Crippen molar-refractivity contribution in [2.24, 2.45) is 5.73 Å². The van der Waals surface area contributed by atoms with Crippen LogP contribution in [0.5, 0.6) is 5.75 Å². The fourth-order valence-corrected chi connectivity index (χ4v) is 2.69. The third-order valence-electron chi connectivity index (χ3n) is 3.56. The SMILES string of the molecule is NC1CCCc2c(C(=O)O)nc(-c3cccc(O)c3)n21. The monoisotopic (exact) mass is 273 g/mol. The molecule has 1 atom stereocenters. The standard InChI is InChI=1S/C14H15N3O3/c15-11-6-2-5-10-12(14(19)20)16-13(17(10)11)8-3-1-4-9(18)7-8/h1,3-4,7,11,18H,2,5-6,15H2,(H,19,20). The number of aromatic carboxylic acids is 1. The summed E-state index contributed by atoms with van der Waals surface area (Å²) in [6.07, 6.45) is 2.01. The first kappa shape index (κ1) is 12.7. The molecule has 1 unspecified atom stereocenters. The predicted molar refractivity (Wildman–Crippen MR) is 72.4 cm³/mol. The summed E-state index contributed by atoms with van der Waals surface area (Å²) >= 11 is 0. The van der Waals surface area contributed by atoms with Gasteiger partial charge in [0.05, 0.1) is 11.9 Å². The summed E-state index contributed by atoms with van der Waals surface area (Å²) in [5.41, 5.74) is 7.48. The van der Waals surface area contributed by atoms with Crippen LogP contribution in [0.3, 0.4) is 0 Å². The van der Waals surface area contributed by atoms with E-state index in [4.69, 9.17) is 5.73 Å². The number of phenols is 1. The van der Waals surface area contributed by atoms with E-state index in [0.717, 1.165) is 12.8 Å². The van der Waals surface area contributed by atoms with Gasteiger partial charge in [-0.2, -0.15) is 0 Å². The molecule has 104 valence electrons. The summed E-state index contributed by atoms with van der Waals surface area (Å²) in [7, 11) is 0. The van der Waals surface area contributed by atoms with Crippen LogP contribution in [0.2, 0.25) is 0 Å². The Morgan fingerprint density at radius 3 is 2.95 bits per heavy atom. The van der Waals surface area contributed by atoms with E-state index >= 15 is 0 Å². The minimum absolute atomic E-state index is 0.0542. The molecule has 6 heteroatoms. The maximum absolute atomic E-state index is 11.3. The van der Waals surface area contributed by atoms with Crippen molar-refractivity contribution in [2.45, 2.75) is 25.4 Å². The number of carboxylic acid groups (broad SMARTS) is 1. The molecule has 1 aromatic carbocycles. The summed E-state index contributed by atoms with van der Waals surface area (Å²) < 4.78 is 1.78. The Labute approximate surface area is 115 Å². The van der Waals surface area contributed by atoms with Gasteiger partial charge in [-0.3, -0.25) is 0 Å². The fourth-order valence-electron chi connectivity index (χ4n) is 2.69. The van der Waals surface area contributed by atoms with Crippen LogP contribution >= 0.6 is 0 Å². The van der Waals surface area contributed by atoms with Gasteiger partial charge >= 0.3 is 5.97 Å². The Balaban J connectivity index is 2.23. The fraction of sp³-hybridized carbons (Fsp3) is 0.286. The molecule has 0 saturated carbocycles. The molecule has 2 aromatic rings. The lowest BCUT2D eigenvalue weighted by Crippen LogP contribution is -2.26. The predicted octanol–water partition coefficient (Wildman–Crippen LogP) is 1.75. The van der Waals surface area contributed by atoms with Crippen molar-refractivity contribution in [3.05, 3.63) is 35.7 Å². The van der Waals surface area contributed by atoms with Gasteiger partial charge in [-0.25, -0.2) is 9.78 Å². The van der Waals surface area contributed by atoms with Gasteiger partial charge in [-0.1, -0.05) is 12.1 Å². The van der Waals surface area contributed by atoms with Gasteiger partial charge < -0.3 is 20.5 Å². The van der Waals surface area contributed by atoms with Crippen LogP contribution in [0.25, 0.3) is 11.4 Å². The third-order valence-corrected chi connectivity index (χ3v) is 3.56. The second kappa shape index (κ2) is 4.64. The van der Waals surface area contributed by atoms with Gasteiger partial charge in [-0.15, -0.1) is 0 Å². The first-order chi connectivity index (χ1) is 9.58. The molecule has 0 fully saturated rings. The molecule has 0 aliphatic carbocycles. The lowest BCUT2D eigenvalue weighted by Gasteiger charge is -2.24. The number of nitrogens with zero attached hydrogens (tertiary/aromatic N) is 2. The van der Waals surface area contributed by atoms with Crippen molar-refractivity contribution < 1.29 is 15.0 Å². The lowest BCUT2D eigenvalue weighted by atomic mass is 10.1. The molecule has 20 heavy (non-hydrogen) atoms. The molecular formula is C14H15N3O3. The van der Waals surface area contributed by atoms with Crippen molar-refractivity contribution in [1.29, 1.82) is 0 Å². The zero-order valence-electron chi connectivity index (χ0n) is 10.8. The van der Waals surface area contributed by atoms with Crippen LogP contribution in [-0.4, -0.2) is 25.7 Å². The number of imidazole rings is 1. The van der Waals surface area contributed by atoms with Gasteiger partial charge in [0.1, 0.15) is 11.6 Å². The van der Waals surface area contributed by atoms with E-state index in [2.05, 4.69) is 4.98 Å². The Hall–Kier alpha value is -2.34. The smallest absolute Gasteiger partial charge is 0.356 e. The normalized spacial score (nSPS) is 17.8. The van der Waals surface area contributed by atoms with E-state index in [1.54, 1.807) is 28.8 Å². The number of rotatable bonds is 2. The number of nitrogens with two attached hydrogens (primary N) is 1. The molecule has 0 radical (unpaired) electrons. The lowest BCUT2D eigenvalue weighted by molar-refractivity contribution is 0.0689. The van der Waals surface area contributed by atoms with Crippen molar-refractivity contribution in [3.63, 3.8) is 0 Å². The molecule has 4 N–H and O–H groups in total. The molecule has 1 aromatic heterocycles. The van der Waals surface area contributed by atoms with Crippen molar-refractivity contribution in [3.8, 4) is 17.1 Å². The van der Waals surface area contributed by atoms with Crippen molar-refractivity contribution >= 4 is 5.97 Å². The first-order valence-electron chi connectivity index (χ1n) is 6.47. The van der Waals surface area contributed by atoms with E-state index in [1.807, 2.05) is 0 Å². The minimum Gasteiger partial charge on any atom is -0.508 e. The summed E-state index contributed by atoms with van der Waals surface area (Å²) in [5.74, 6) is -0.434. The molecule has 2 heterocycles. The quantitative estimate of drug-likeness (QED) is 0.773. The second-order valence-electron chi connectivity index (χ2n) is 4.92. The second-order valence-corrected chi connectivity index (χ2v) is 4.92. The van der Waals surface area contributed by atoms with E-state index in [0.29, 0.717) is 23.5 Å². The van der Waals surface area contributed by atoms with E-state index < -0.39 is 5.97 Å². The molecule has 0 amide bonds. The van der Waals surface area contributed by atoms with Crippen LogP contribution in [-0.2, 0) is 6.42 Å². The van der Waals surface area contributed by atoms with Crippen LogP contribution in [0.1, 0.15) is 35.2 Å². The minimum atomic E-state index is -1.05. The summed E-state index contributed by atoms with van der Waals surface area (Å²) in [4.78, 5) is 15.6. The Bertz CT molecular complexity index is 678. The first-order valence-corrected chi connectivity index (χ1v) is 6.47. The Morgan fingerprint density at radius 2 is 2.25 bits per heavy atom. The number of benzene rings is 1. The highest BCUT2D eigenvalue weighted by Crippen LogP contribution is 2.32. The van der Waals surface area contributed by atoms with Crippen LogP contribution in [0.4, 0.5) is 0 Å². The summed E-state index contributed by atoms with van der Waals surface area (Å²) in [6, 6.07) is 6.59. The van der Waals surface area contributed by atoms with E-state index in [1.165, 1.54) is 0 Å². The number of carboxylic acids is 1. The van der Waals surface area contributed by atoms with Gasteiger partial charge in [0.25, 0.3) is 0 Å². The molecule has 6 nitrogen and oxygen atoms in total. The van der Waals surface area contributed by atoms with Gasteiger partial charge in [-0.05, 0) is 31.4 Å². The highest BCUT2D eigenvalue weighted by molar-refractivity contribution is 5.88. The number of carbonyl (C=O) groups is 1. The van der Waals surface area contributed by atoms with Crippen LogP contribution in [0.15, 0.2) is 24.3 Å². The maximum Gasteiger partial charge on any atom is 0.356 e. The average Bonchev–Trinajstić information content (AvgIpc) is 2.80. The van der Waals surface area contributed by atoms with Crippen LogP contribution in [0, 0.1) is 0 Å². The maximum atomic E-state index is 11.3. The molecule has 0 bridgehead atoms. The molecule has 1 aliphatic heterocycles. The summed E-state index contributed by atoms with van der Waals surface area (Å²) in [5, 5.41) is 18.9. The number of hydrogen-bond donors (Lipinski definition) is 3. The average molecular weight is 273 g/mol. The molecule has 0 saturated heterocycles. The number of fused-ring (bicyclic) bond motifs is 1. The highest BCUT2D eigenvalue weighted by atomic mass is 16.4. The van der Waals surface area contributed by atoms with Crippen LogP contribution < -0.4 is 5.73 Å². The molecule has 3 rings (SSSR count). The van der Waals surface area contributed by atoms with Gasteiger partial charge in [0.15, 0.2) is 5.69 Å². The Kier molecular flexibility index (Phi) is 2.94. The Morgan fingerprint density at radius 1 is 1.45 bits per heavy atom. The number of aromatic nitrogens is 2.